The van der Waals surface area contributed by atoms with E-state index in [2.05, 4.69) is 32.0 Å². The molecule has 0 heterocycles. The second-order valence-corrected chi connectivity index (χ2v) is 6.04. The zero-order chi connectivity index (χ0) is 13.0. The highest BCUT2D eigenvalue weighted by molar-refractivity contribution is 5.30. The molecule has 1 atom stereocenters. The van der Waals surface area contributed by atoms with Crippen molar-refractivity contribution in [3.05, 3.63) is 34.9 Å². The van der Waals surface area contributed by atoms with E-state index >= 15 is 0 Å². The molecule has 1 nitrogen and oxygen atoms in total. The first kappa shape index (κ1) is 13.6. The average Bonchev–Trinajstić information content (AvgIpc) is 2.62. The monoisotopic (exact) mass is 245 g/mol. The van der Waals surface area contributed by atoms with Crippen LogP contribution >= 0.6 is 0 Å². The van der Waals surface area contributed by atoms with Gasteiger partial charge in [-0.25, -0.2) is 0 Å². The first-order chi connectivity index (χ1) is 8.66. The van der Waals surface area contributed by atoms with Crippen LogP contribution < -0.4 is 5.73 Å². The Morgan fingerprint density at radius 2 is 1.72 bits per heavy atom. The molecule has 0 aliphatic heterocycles. The number of hydrogen-bond donors (Lipinski definition) is 1. The minimum absolute atomic E-state index is 0.352. The summed E-state index contributed by atoms with van der Waals surface area (Å²) in [5.74, 6) is 0.745. The molecule has 0 aromatic heterocycles. The maximum atomic E-state index is 6.44. The predicted molar refractivity (Wildman–Crippen MR) is 78.8 cm³/mol. The fourth-order valence-electron chi connectivity index (χ4n) is 3.11. The van der Waals surface area contributed by atoms with Gasteiger partial charge in [0.25, 0.3) is 0 Å². The van der Waals surface area contributed by atoms with Crippen LogP contribution in [0.15, 0.2) is 18.2 Å². The van der Waals surface area contributed by atoms with E-state index < -0.39 is 0 Å². The number of hydrogen-bond acceptors (Lipinski definition) is 1. The Morgan fingerprint density at radius 1 is 1.06 bits per heavy atom. The summed E-state index contributed by atoms with van der Waals surface area (Å²) in [5, 5.41) is 0. The summed E-state index contributed by atoms with van der Waals surface area (Å²) in [6.45, 7) is 4.36. The summed E-state index contributed by atoms with van der Waals surface area (Å²) < 4.78 is 0. The van der Waals surface area contributed by atoms with Gasteiger partial charge in [-0.2, -0.15) is 0 Å². The molecule has 2 rings (SSSR count). The highest BCUT2D eigenvalue weighted by Gasteiger charge is 2.19. The molecule has 0 amide bonds. The Bertz CT molecular complexity index is 375. The van der Waals surface area contributed by atoms with Crippen LogP contribution in [0.2, 0.25) is 0 Å². The van der Waals surface area contributed by atoms with Crippen molar-refractivity contribution < 1.29 is 0 Å². The summed E-state index contributed by atoms with van der Waals surface area (Å²) in [6.07, 6.45) is 9.31. The van der Waals surface area contributed by atoms with Crippen LogP contribution in [0.3, 0.4) is 0 Å². The highest BCUT2D eigenvalue weighted by Crippen LogP contribution is 2.26. The Balaban J connectivity index is 1.96. The van der Waals surface area contributed by atoms with E-state index in [1.165, 1.54) is 55.2 Å². The largest absolute Gasteiger partial charge is 0.327 e. The molecule has 1 aromatic rings. The lowest BCUT2D eigenvalue weighted by atomic mass is 9.88. The Hall–Kier alpha value is -0.820. The smallest absolute Gasteiger partial charge is 0.0108 e. The topological polar surface area (TPSA) is 26.0 Å². The SMILES string of the molecule is Cc1ccc(CC(N)C2CCCCCC2)cc1C. The average molecular weight is 245 g/mol. The zero-order valence-corrected chi connectivity index (χ0v) is 11.9. The summed E-state index contributed by atoms with van der Waals surface area (Å²) in [4.78, 5) is 0. The molecular formula is C17H27N. The van der Waals surface area contributed by atoms with Gasteiger partial charge in [-0.15, -0.1) is 0 Å². The highest BCUT2D eigenvalue weighted by atomic mass is 14.6. The zero-order valence-electron chi connectivity index (χ0n) is 11.9. The van der Waals surface area contributed by atoms with E-state index in [9.17, 15) is 0 Å². The van der Waals surface area contributed by atoms with Gasteiger partial charge < -0.3 is 5.73 Å². The van der Waals surface area contributed by atoms with E-state index in [1.54, 1.807) is 0 Å². The van der Waals surface area contributed by atoms with Gasteiger partial charge in [0.1, 0.15) is 0 Å². The minimum Gasteiger partial charge on any atom is -0.327 e. The van der Waals surface area contributed by atoms with Crippen molar-refractivity contribution in [2.75, 3.05) is 0 Å². The summed E-state index contributed by atoms with van der Waals surface area (Å²) >= 11 is 0. The van der Waals surface area contributed by atoms with E-state index in [0.29, 0.717) is 6.04 Å². The predicted octanol–water partition coefficient (Wildman–Crippen LogP) is 4.14. The molecule has 1 unspecified atom stereocenters. The lowest BCUT2D eigenvalue weighted by Crippen LogP contribution is -2.32. The molecule has 1 saturated carbocycles. The fourth-order valence-corrected chi connectivity index (χ4v) is 3.11. The molecule has 0 spiro atoms. The fraction of sp³-hybridized carbons (Fsp3) is 0.647. The number of benzene rings is 1. The van der Waals surface area contributed by atoms with Gasteiger partial charge in [0.05, 0.1) is 0 Å². The second-order valence-electron chi connectivity index (χ2n) is 6.04. The molecule has 0 saturated heterocycles. The normalized spacial score (nSPS) is 19.5. The van der Waals surface area contributed by atoms with E-state index in [1.807, 2.05) is 0 Å². The second kappa shape index (κ2) is 6.38. The van der Waals surface area contributed by atoms with Crippen LogP contribution in [-0.4, -0.2) is 6.04 Å². The van der Waals surface area contributed by atoms with Gasteiger partial charge in [-0.3, -0.25) is 0 Å². The first-order valence-electron chi connectivity index (χ1n) is 7.48. The number of rotatable bonds is 3. The van der Waals surface area contributed by atoms with Crippen molar-refractivity contribution in [1.82, 2.24) is 0 Å². The van der Waals surface area contributed by atoms with Crippen molar-refractivity contribution in [2.45, 2.75) is 64.8 Å². The third kappa shape index (κ3) is 3.58. The molecule has 18 heavy (non-hydrogen) atoms. The van der Waals surface area contributed by atoms with Crippen LogP contribution in [0.1, 0.15) is 55.2 Å². The minimum atomic E-state index is 0.352. The molecule has 0 bridgehead atoms. The molecular weight excluding hydrogens is 218 g/mol. The van der Waals surface area contributed by atoms with E-state index in [0.717, 1.165) is 12.3 Å². The molecule has 1 aliphatic rings. The molecule has 1 fully saturated rings. The van der Waals surface area contributed by atoms with Gasteiger partial charge >= 0.3 is 0 Å². The maximum absolute atomic E-state index is 6.44. The first-order valence-corrected chi connectivity index (χ1v) is 7.48. The van der Waals surface area contributed by atoms with Crippen molar-refractivity contribution >= 4 is 0 Å². The van der Waals surface area contributed by atoms with Gasteiger partial charge in [0, 0.05) is 6.04 Å². The Labute approximate surface area is 112 Å². The molecule has 0 radical (unpaired) electrons. The van der Waals surface area contributed by atoms with Crippen LogP contribution in [-0.2, 0) is 6.42 Å². The summed E-state index contributed by atoms with van der Waals surface area (Å²) in [6, 6.07) is 7.14. The van der Waals surface area contributed by atoms with Crippen molar-refractivity contribution in [3.8, 4) is 0 Å². The third-order valence-corrected chi connectivity index (χ3v) is 4.55. The quantitative estimate of drug-likeness (QED) is 0.796. The van der Waals surface area contributed by atoms with Crippen LogP contribution in [0.25, 0.3) is 0 Å². The molecule has 100 valence electrons. The lowest BCUT2D eigenvalue weighted by molar-refractivity contribution is 0.372. The van der Waals surface area contributed by atoms with Crippen LogP contribution in [0, 0.1) is 19.8 Å². The van der Waals surface area contributed by atoms with Crippen molar-refractivity contribution in [3.63, 3.8) is 0 Å². The Morgan fingerprint density at radius 3 is 2.33 bits per heavy atom. The molecule has 1 aromatic carbocycles. The van der Waals surface area contributed by atoms with Gasteiger partial charge in [0.2, 0.25) is 0 Å². The molecule has 2 N–H and O–H groups in total. The van der Waals surface area contributed by atoms with Gasteiger partial charge in [0.15, 0.2) is 0 Å². The molecule has 1 heteroatoms. The van der Waals surface area contributed by atoms with Gasteiger partial charge in [-0.1, -0.05) is 43.9 Å². The number of aryl methyl sites for hydroxylation is 2. The van der Waals surface area contributed by atoms with Gasteiger partial charge in [-0.05, 0) is 55.7 Å². The lowest BCUT2D eigenvalue weighted by Gasteiger charge is -2.22. The summed E-state index contributed by atoms with van der Waals surface area (Å²) in [7, 11) is 0. The van der Waals surface area contributed by atoms with Crippen LogP contribution in [0.4, 0.5) is 0 Å². The standard InChI is InChI=1S/C17H27N/c1-13-9-10-15(11-14(13)2)12-17(18)16-7-5-3-4-6-8-16/h9-11,16-17H,3-8,12,18H2,1-2H3. The van der Waals surface area contributed by atoms with E-state index in [4.69, 9.17) is 5.73 Å². The van der Waals surface area contributed by atoms with Crippen molar-refractivity contribution in [2.24, 2.45) is 11.7 Å². The maximum Gasteiger partial charge on any atom is 0.0108 e. The summed E-state index contributed by atoms with van der Waals surface area (Å²) in [5.41, 5.74) is 10.6. The Kier molecular flexibility index (Phi) is 4.82. The van der Waals surface area contributed by atoms with E-state index in [-0.39, 0.29) is 0 Å². The number of nitrogens with two attached hydrogens (primary N) is 1. The molecule has 1 aliphatic carbocycles. The van der Waals surface area contributed by atoms with Crippen LogP contribution in [0.5, 0.6) is 0 Å². The van der Waals surface area contributed by atoms with Crippen molar-refractivity contribution in [1.29, 1.82) is 0 Å². The third-order valence-electron chi connectivity index (χ3n) is 4.55.